The molecule has 84 valence electrons. The van der Waals surface area contributed by atoms with Crippen LogP contribution >= 0.6 is 11.6 Å². The number of rotatable bonds is 1. The van der Waals surface area contributed by atoms with Gasteiger partial charge in [-0.25, -0.2) is 0 Å². The lowest BCUT2D eigenvalue weighted by molar-refractivity contribution is 0.579. The fourth-order valence-corrected chi connectivity index (χ4v) is 2.72. The van der Waals surface area contributed by atoms with Crippen LogP contribution in [0.25, 0.3) is 10.9 Å². The highest BCUT2D eigenvalue weighted by Crippen LogP contribution is 2.31. The SMILES string of the molecule is Clc1cc(N2CCCCC2)c2cc[nH]c2c1. The maximum absolute atomic E-state index is 6.15. The molecule has 3 rings (SSSR count). The van der Waals surface area contributed by atoms with Gasteiger partial charge < -0.3 is 9.88 Å². The van der Waals surface area contributed by atoms with E-state index in [1.165, 1.54) is 30.3 Å². The average Bonchev–Trinajstić information content (AvgIpc) is 2.77. The van der Waals surface area contributed by atoms with Crippen LogP contribution < -0.4 is 4.90 Å². The largest absolute Gasteiger partial charge is 0.371 e. The average molecular weight is 235 g/mol. The number of nitrogens with one attached hydrogen (secondary N) is 1. The fraction of sp³-hybridized carbons (Fsp3) is 0.385. The lowest BCUT2D eigenvalue weighted by atomic mass is 10.1. The molecule has 1 aromatic carbocycles. The van der Waals surface area contributed by atoms with Gasteiger partial charge in [-0.05, 0) is 37.5 Å². The Balaban J connectivity index is 2.09. The van der Waals surface area contributed by atoms with Gasteiger partial charge in [-0.1, -0.05) is 11.6 Å². The minimum atomic E-state index is 0.815. The van der Waals surface area contributed by atoms with Gasteiger partial charge in [0.05, 0.1) is 0 Å². The van der Waals surface area contributed by atoms with Crippen molar-refractivity contribution in [3.63, 3.8) is 0 Å². The molecule has 1 aromatic heterocycles. The van der Waals surface area contributed by atoms with E-state index in [1.807, 2.05) is 12.3 Å². The topological polar surface area (TPSA) is 19.0 Å². The van der Waals surface area contributed by atoms with E-state index in [-0.39, 0.29) is 0 Å². The summed E-state index contributed by atoms with van der Waals surface area (Å²) in [5.41, 5.74) is 2.41. The summed E-state index contributed by atoms with van der Waals surface area (Å²) in [6, 6.07) is 6.21. The number of aromatic amines is 1. The number of nitrogens with zero attached hydrogens (tertiary/aromatic N) is 1. The van der Waals surface area contributed by atoms with Gasteiger partial charge in [-0.3, -0.25) is 0 Å². The van der Waals surface area contributed by atoms with Crippen LogP contribution in [0.2, 0.25) is 5.02 Å². The third-order valence-electron chi connectivity index (χ3n) is 3.31. The van der Waals surface area contributed by atoms with Crippen LogP contribution in [0, 0.1) is 0 Å². The first-order valence-corrected chi connectivity index (χ1v) is 6.24. The van der Waals surface area contributed by atoms with E-state index in [2.05, 4.69) is 22.0 Å². The third kappa shape index (κ3) is 1.67. The molecule has 2 nitrogen and oxygen atoms in total. The number of hydrogen-bond donors (Lipinski definition) is 1. The van der Waals surface area contributed by atoms with Crippen molar-refractivity contribution in [2.75, 3.05) is 18.0 Å². The monoisotopic (exact) mass is 234 g/mol. The van der Waals surface area contributed by atoms with Gasteiger partial charge in [0, 0.05) is 40.9 Å². The standard InChI is InChI=1S/C13H15ClN2/c14-10-8-12-11(4-5-15-12)13(9-10)16-6-2-1-3-7-16/h4-5,8-9,15H,1-3,6-7H2. The van der Waals surface area contributed by atoms with Crippen LogP contribution in [0.4, 0.5) is 5.69 Å². The number of hydrogen-bond acceptors (Lipinski definition) is 1. The van der Waals surface area contributed by atoms with Crippen LogP contribution in [0.5, 0.6) is 0 Å². The smallest absolute Gasteiger partial charge is 0.0489 e. The molecule has 16 heavy (non-hydrogen) atoms. The first-order valence-electron chi connectivity index (χ1n) is 5.86. The summed E-state index contributed by atoms with van der Waals surface area (Å²) in [5, 5.41) is 2.10. The van der Waals surface area contributed by atoms with E-state index in [9.17, 15) is 0 Å². The Morgan fingerprint density at radius 2 is 1.94 bits per heavy atom. The molecule has 0 spiro atoms. The summed E-state index contributed by atoms with van der Waals surface area (Å²) in [5.74, 6) is 0. The maximum Gasteiger partial charge on any atom is 0.0489 e. The molecule has 1 fully saturated rings. The van der Waals surface area contributed by atoms with Crippen molar-refractivity contribution in [2.45, 2.75) is 19.3 Å². The van der Waals surface area contributed by atoms with E-state index in [0.29, 0.717) is 0 Å². The molecule has 1 N–H and O–H groups in total. The van der Waals surface area contributed by atoms with Crippen LogP contribution in [0.1, 0.15) is 19.3 Å². The molecule has 2 heterocycles. The lowest BCUT2D eigenvalue weighted by Gasteiger charge is -2.29. The molecular weight excluding hydrogens is 220 g/mol. The summed E-state index contributed by atoms with van der Waals surface area (Å²) in [4.78, 5) is 5.68. The Morgan fingerprint density at radius 3 is 2.75 bits per heavy atom. The summed E-state index contributed by atoms with van der Waals surface area (Å²) in [7, 11) is 0. The van der Waals surface area contributed by atoms with Crippen molar-refractivity contribution >= 4 is 28.2 Å². The third-order valence-corrected chi connectivity index (χ3v) is 3.53. The molecule has 0 atom stereocenters. The number of benzene rings is 1. The number of H-pyrrole nitrogens is 1. The van der Waals surface area contributed by atoms with Gasteiger partial charge >= 0.3 is 0 Å². The van der Waals surface area contributed by atoms with Crippen LogP contribution in [0.15, 0.2) is 24.4 Å². The summed E-state index contributed by atoms with van der Waals surface area (Å²) in [6.07, 6.45) is 5.92. The van der Waals surface area contributed by atoms with E-state index in [0.717, 1.165) is 23.6 Å². The van der Waals surface area contributed by atoms with Gasteiger partial charge in [-0.15, -0.1) is 0 Å². The lowest BCUT2D eigenvalue weighted by Crippen LogP contribution is -2.29. The van der Waals surface area contributed by atoms with Crippen LogP contribution in [0.3, 0.4) is 0 Å². The van der Waals surface area contributed by atoms with Crippen LogP contribution in [-0.2, 0) is 0 Å². The summed E-state index contributed by atoms with van der Waals surface area (Å²) < 4.78 is 0. The highest BCUT2D eigenvalue weighted by atomic mass is 35.5. The highest BCUT2D eigenvalue weighted by Gasteiger charge is 2.14. The molecule has 0 radical (unpaired) electrons. The van der Waals surface area contributed by atoms with E-state index in [1.54, 1.807) is 0 Å². The highest BCUT2D eigenvalue weighted by molar-refractivity contribution is 6.31. The number of halogens is 1. The van der Waals surface area contributed by atoms with Gasteiger partial charge in [0.25, 0.3) is 0 Å². The van der Waals surface area contributed by atoms with Crippen molar-refractivity contribution < 1.29 is 0 Å². The first kappa shape index (κ1) is 10.0. The van der Waals surface area contributed by atoms with Crippen molar-refractivity contribution in [3.8, 4) is 0 Å². The van der Waals surface area contributed by atoms with Gasteiger partial charge in [-0.2, -0.15) is 0 Å². The zero-order valence-corrected chi connectivity index (χ0v) is 9.93. The molecule has 3 heteroatoms. The Morgan fingerprint density at radius 1 is 1.12 bits per heavy atom. The molecule has 0 unspecified atom stereocenters. The molecule has 2 aromatic rings. The van der Waals surface area contributed by atoms with Gasteiger partial charge in [0.2, 0.25) is 0 Å². The number of piperidine rings is 1. The summed E-state index contributed by atoms with van der Waals surface area (Å²) >= 11 is 6.15. The van der Waals surface area contributed by atoms with Gasteiger partial charge in [0.1, 0.15) is 0 Å². The molecular formula is C13H15ClN2. The second kappa shape index (κ2) is 4.02. The van der Waals surface area contributed by atoms with E-state index < -0.39 is 0 Å². The first-order chi connectivity index (χ1) is 7.84. The molecule has 0 aliphatic carbocycles. The second-order valence-electron chi connectivity index (χ2n) is 4.41. The number of anilines is 1. The zero-order chi connectivity index (χ0) is 11.0. The zero-order valence-electron chi connectivity index (χ0n) is 9.17. The maximum atomic E-state index is 6.15. The minimum absolute atomic E-state index is 0.815. The van der Waals surface area contributed by atoms with Crippen molar-refractivity contribution in [1.82, 2.24) is 4.98 Å². The predicted octanol–water partition coefficient (Wildman–Crippen LogP) is 3.81. The predicted molar refractivity (Wildman–Crippen MR) is 69.4 cm³/mol. The van der Waals surface area contributed by atoms with Gasteiger partial charge in [0.15, 0.2) is 0 Å². The number of aromatic nitrogens is 1. The molecule has 1 aliphatic heterocycles. The minimum Gasteiger partial charge on any atom is -0.371 e. The molecule has 1 aliphatic rings. The van der Waals surface area contributed by atoms with Crippen molar-refractivity contribution in [3.05, 3.63) is 29.4 Å². The van der Waals surface area contributed by atoms with Crippen LogP contribution in [-0.4, -0.2) is 18.1 Å². The van der Waals surface area contributed by atoms with Crippen molar-refractivity contribution in [1.29, 1.82) is 0 Å². The quantitative estimate of drug-likeness (QED) is 0.795. The Bertz CT molecular complexity index is 498. The molecule has 0 saturated carbocycles. The van der Waals surface area contributed by atoms with E-state index >= 15 is 0 Å². The molecule has 0 bridgehead atoms. The Labute approximate surface area is 100 Å². The van der Waals surface area contributed by atoms with E-state index in [4.69, 9.17) is 11.6 Å². The molecule has 0 amide bonds. The van der Waals surface area contributed by atoms with Crippen molar-refractivity contribution in [2.24, 2.45) is 0 Å². The fourth-order valence-electron chi connectivity index (χ4n) is 2.51. The second-order valence-corrected chi connectivity index (χ2v) is 4.85. The Hall–Kier alpha value is -1.15. The molecule has 1 saturated heterocycles. The number of fused-ring (bicyclic) bond motifs is 1. The Kier molecular flexibility index (Phi) is 2.52. The summed E-state index contributed by atoms with van der Waals surface area (Å²) in [6.45, 7) is 2.31. The normalized spacial score (nSPS) is 16.9.